The third-order valence-corrected chi connectivity index (χ3v) is 4.50. The van der Waals surface area contributed by atoms with Crippen LogP contribution >= 0.6 is 0 Å². The molecule has 0 saturated carbocycles. The van der Waals surface area contributed by atoms with Gasteiger partial charge in [-0.3, -0.25) is 0 Å². The molecule has 107 valence electrons. The number of benzene rings is 3. The van der Waals surface area contributed by atoms with Gasteiger partial charge in [0, 0.05) is 6.42 Å². The molecule has 0 heterocycles. The van der Waals surface area contributed by atoms with Crippen molar-refractivity contribution in [1.29, 1.82) is 0 Å². The van der Waals surface area contributed by atoms with E-state index < -0.39 is 0 Å². The summed E-state index contributed by atoms with van der Waals surface area (Å²) >= 11 is 0. The van der Waals surface area contributed by atoms with Crippen molar-refractivity contribution in [3.8, 4) is 11.1 Å². The predicted molar refractivity (Wildman–Crippen MR) is 95.6 cm³/mol. The Morgan fingerprint density at radius 3 is 2.41 bits per heavy atom. The van der Waals surface area contributed by atoms with Crippen molar-refractivity contribution in [2.45, 2.75) is 13.8 Å². The van der Waals surface area contributed by atoms with Crippen LogP contribution < -0.4 is 0 Å². The first-order valence-corrected chi connectivity index (χ1v) is 7.91. The van der Waals surface area contributed by atoms with Gasteiger partial charge in [0.2, 0.25) is 0 Å². The number of hydrogen-bond donors (Lipinski definition) is 0. The summed E-state index contributed by atoms with van der Waals surface area (Å²) in [6.45, 7) is 4.51. The van der Waals surface area contributed by atoms with E-state index in [0.717, 1.165) is 0 Å². The molecular weight excluding hydrogens is 264 g/mol. The maximum Gasteiger partial charge on any atom is 0.0167 e. The average Bonchev–Trinajstić information content (AvgIpc) is 2.99. The Bertz CT molecular complexity index is 881. The molecule has 0 bridgehead atoms. The molecule has 0 aliphatic heterocycles. The Labute approximate surface area is 132 Å². The quantitative estimate of drug-likeness (QED) is 0.532. The highest BCUT2D eigenvalue weighted by atomic mass is 14.2. The lowest BCUT2D eigenvalue weighted by molar-refractivity contribution is 0.789. The molecule has 0 saturated heterocycles. The average molecular weight is 283 g/mol. The lowest BCUT2D eigenvalue weighted by Gasteiger charge is -2.09. The molecule has 0 fully saturated rings. The minimum atomic E-state index is 0.567. The number of hydrogen-bond acceptors (Lipinski definition) is 0. The monoisotopic (exact) mass is 283 g/mol. The van der Waals surface area contributed by atoms with E-state index in [1.165, 1.54) is 38.6 Å². The van der Waals surface area contributed by atoms with Crippen LogP contribution in [0.15, 0.2) is 66.2 Å². The van der Waals surface area contributed by atoms with Crippen LogP contribution in [0.1, 0.15) is 25.0 Å². The summed E-state index contributed by atoms with van der Waals surface area (Å²) in [5, 5.41) is 2.59. The first kappa shape index (κ1) is 13.3. The van der Waals surface area contributed by atoms with E-state index >= 15 is 0 Å². The SMILES string of the molecule is CC(C)C1=Cc2c(cccc2-c2ccc3ccccc3c2)[CH]1. The number of fused-ring (bicyclic) bond motifs is 2. The lowest BCUT2D eigenvalue weighted by atomic mass is 9.95. The zero-order valence-electron chi connectivity index (χ0n) is 13.0. The van der Waals surface area contributed by atoms with Gasteiger partial charge in [-0.25, -0.2) is 0 Å². The van der Waals surface area contributed by atoms with Crippen LogP contribution in [0.2, 0.25) is 0 Å². The largest absolute Gasteiger partial charge is 0.0616 e. The van der Waals surface area contributed by atoms with Gasteiger partial charge in [-0.2, -0.15) is 0 Å². The second kappa shape index (κ2) is 5.14. The molecule has 1 radical (unpaired) electrons. The van der Waals surface area contributed by atoms with Gasteiger partial charge in [0.15, 0.2) is 0 Å². The zero-order valence-corrected chi connectivity index (χ0v) is 13.0. The van der Waals surface area contributed by atoms with E-state index in [4.69, 9.17) is 0 Å². The van der Waals surface area contributed by atoms with Crippen LogP contribution in [0, 0.1) is 12.3 Å². The second-order valence-corrected chi connectivity index (χ2v) is 6.31. The van der Waals surface area contributed by atoms with Crippen LogP contribution in [0.25, 0.3) is 28.0 Å². The van der Waals surface area contributed by atoms with Gasteiger partial charge in [-0.15, -0.1) is 0 Å². The highest BCUT2D eigenvalue weighted by Crippen LogP contribution is 2.38. The molecule has 0 amide bonds. The minimum Gasteiger partial charge on any atom is -0.0616 e. The standard InChI is InChI=1S/C22H19/c1-15(2)20-13-18-8-5-9-21(22(18)14-20)19-11-10-16-6-3-4-7-17(16)12-19/h3-15H,1-2H3. The molecule has 4 rings (SSSR count). The Balaban J connectivity index is 1.88. The molecule has 0 aromatic heterocycles. The topological polar surface area (TPSA) is 0 Å². The van der Waals surface area contributed by atoms with Gasteiger partial charge in [0.1, 0.15) is 0 Å². The molecule has 0 heteroatoms. The summed E-state index contributed by atoms with van der Waals surface area (Å²) in [5.41, 5.74) is 6.75. The molecule has 0 N–H and O–H groups in total. The van der Waals surface area contributed by atoms with E-state index in [9.17, 15) is 0 Å². The summed E-state index contributed by atoms with van der Waals surface area (Å²) in [5.74, 6) is 0.567. The molecule has 0 atom stereocenters. The van der Waals surface area contributed by atoms with Crippen LogP contribution in [0.5, 0.6) is 0 Å². The first-order valence-electron chi connectivity index (χ1n) is 7.91. The van der Waals surface area contributed by atoms with Crippen molar-refractivity contribution in [3.05, 3.63) is 83.8 Å². The summed E-state index contributed by atoms with van der Waals surface area (Å²) in [7, 11) is 0. The van der Waals surface area contributed by atoms with Gasteiger partial charge in [-0.05, 0) is 45.0 Å². The predicted octanol–water partition coefficient (Wildman–Crippen LogP) is 6.11. The summed E-state index contributed by atoms with van der Waals surface area (Å²) < 4.78 is 0. The fourth-order valence-electron chi connectivity index (χ4n) is 3.20. The molecule has 22 heavy (non-hydrogen) atoms. The maximum atomic E-state index is 2.35. The molecule has 3 aromatic rings. The van der Waals surface area contributed by atoms with Crippen molar-refractivity contribution in [3.63, 3.8) is 0 Å². The van der Waals surface area contributed by atoms with Gasteiger partial charge in [0.25, 0.3) is 0 Å². The van der Waals surface area contributed by atoms with E-state index in [1.807, 2.05) is 0 Å². The Kier molecular flexibility index (Phi) is 3.11. The normalized spacial score (nSPS) is 13.5. The molecule has 1 aliphatic carbocycles. The highest BCUT2D eigenvalue weighted by molar-refractivity contribution is 5.90. The molecule has 1 aliphatic rings. The summed E-state index contributed by atoms with van der Waals surface area (Å²) in [6.07, 6.45) is 4.68. The molecule has 0 spiro atoms. The van der Waals surface area contributed by atoms with Crippen molar-refractivity contribution in [2.75, 3.05) is 0 Å². The van der Waals surface area contributed by atoms with Crippen molar-refractivity contribution >= 4 is 16.8 Å². The minimum absolute atomic E-state index is 0.567. The van der Waals surface area contributed by atoms with Crippen LogP contribution in [0.4, 0.5) is 0 Å². The van der Waals surface area contributed by atoms with Crippen LogP contribution in [0.3, 0.4) is 0 Å². The number of allylic oxidation sites excluding steroid dienone is 1. The Hall–Kier alpha value is -2.34. The van der Waals surface area contributed by atoms with Crippen LogP contribution in [-0.2, 0) is 0 Å². The highest BCUT2D eigenvalue weighted by Gasteiger charge is 2.18. The maximum absolute atomic E-state index is 2.35. The fraction of sp³-hybridized carbons (Fsp3) is 0.136. The van der Waals surface area contributed by atoms with E-state index in [1.54, 1.807) is 0 Å². The third-order valence-electron chi connectivity index (χ3n) is 4.50. The van der Waals surface area contributed by atoms with Gasteiger partial charge in [-0.1, -0.05) is 80.1 Å². The van der Waals surface area contributed by atoms with Crippen molar-refractivity contribution in [2.24, 2.45) is 5.92 Å². The molecule has 3 aromatic carbocycles. The third kappa shape index (κ3) is 2.16. The van der Waals surface area contributed by atoms with E-state index in [-0.39, 0.29) is 0 Å². The lowest BCUT2D eigenvalue weighted by Crippen LogP contribution is -1.90. The van der Waals surface area contributed by atoms with Gasteiger partial charge < -0.3 is 0 Å². The molecule has 0 unspecified atom stereocenters. The van der Waals surface area contributed by atoms with Crippen LogP contribution in [-0.4, -0.2) is 0 Å². The summed E-state index contributed by atoms with van der Waals surface area (Å²) in [4.78, 5) is 0. The second-order valence-electron chi connectivity index (χ2n) is 6.31. The Morgan fingerprint density at radius 2 is 1.59 bits per heavy atom. The smallest absolute Gasteiger partial charge is 0.0167 e. The molecule has 0 nitrogen and oxygen atoms in total. The van der Waals surface area contributed by atoms with E-state index in [2.05, 4.69) is 87.0 Å². The first-order chi connectivity index (χ1) is 10.7. The van der Waals surface area contributed by atoms with Gasteiger partial charge in [0.05, 0.1) is 0 Å². The number of rotatable bonds is 2. The Morgan fingerprint density at radius 1 is 0.773 bits per heavy atom. The van der Waals surface area contributed by atoms with Crippen molar-refractivity contribution in [1.82, 2.24) is 0 Å². The zero-order chi connectivity index (χ0) is 15.1. The van der Waals surface area contributed by atoms with E-state index in [0.29, 0.717) is 5.92 Å². The molecular formula is C22H19. The van der Waals surface area contributed by atoms with Crippen molar-refractivity contribution < 1.29 is 0 Å². The fourth-order valence-corrected chi connectivity index (χ4v) is 3.20. The summed E-state index contributed by atoms with van der Waals surface area (Å²) in [6, 6.07) is 21.9. The van der Waals surface area contributed by atoms with Gasteiger partial charge >= 0.3 is 0 Å².